The Kier molecular flexibility index (Phi) is 9.18. The lowest BCUT2D eigenvalue weighted by Crippen LogP contribution is -2.29. The highest BCUT2D eigenvalue weighted by Crippen LogP contribution is 2.34. The van der Waals surface area contributed by atoms with Crippen LogP contribution in [-0.4, -0.2) is 42.5 Å². The van der Waals surface area contributed by atoms with Crippen molar-refractivity contribution in [1.29, 1.82) is 0 Å². The molecule has 1 aliphatic rings. The first-order chi connectivity index (χ1) is 12.0. The average Bonchev–Trinajstić information content (AvgIpc) is 3.25. The first-order valence-electron chi connectivity index (χ1n) is 8.59. The van der Waals surface area contributed by atoms with Crippen molar-refractivity contribution in [1.82, 2.24) is 9.88 Å². The predicted octanol–water partition coefficient (Wildman–Crippen LogP) is 3.82. The van der Waals surface area contributed by atoms with Gasteiger partial charge in [-0.25, -0.2) is 4.98 Å². The fourth-order valence-electron chi connectivity index (χ4n) is 3.39. The van der Waals surface area contributed by atoms with Crippen LogP contribution >= 0.6 is 36.2 Å². The number of amides is 1. The van der Waals surface area contributed by atoms with Gasteiger partial charge in [0.05, 0.1) is 5.69 Å². The highest BCUT2D eigenvalue weighted by Gasteiger charge is 2.36. The number of nitrogens with zero attached hydrogens (tertiary/aromatic N) is 2. The molecule has 3 atom stereocenters. The number of methoxy groups -OCH3 is 1. The van der Waals surface area contributed by atoms with Crippen LogP contribution in [0.5, 0.6) is 0 Å². The Balaban J connectivity index is 0.00000182. The van der Waals surface area contributed by atoms with Crippen molar-refractivity contribution in [3.05, 3.63) is 51.5 Å². The first kappa shape index (κ1) is 23.9. The van der Waals surface area contributed by atoms with E-state index in [1.54, 1.807) is 7.11 Å². The predicted molar refractivity (Wildman–Crippen MR) is 114 cm³/mol. The summed E-state index contributed by atoms with van der Waals surface area (Å²) in [6, 6.07) is 10.3. The number of rotatable bonds is 5. The zero-order valence-corrected chi connectivity index (χ0v) is 18.2. The number of nitrogens with two attached hydrogens (primary N) is 1. The molecular weight excluding hydrogens is 405 g/mol. The summed E-state index contributed by atoms with van der Waals surface area (Å²) in [6.07, 6.45) is -0.0994. The van der Waals surface area contributed by atoms with E-state index < -0.39 is 0 Å². The van der Waals surface area contributed by atoms with Crippen LogP contribution in [0.15, 0.2) is 30.3 Å². The van der Waals surface area contributed by atoms with E-state index in [1.807, 2.05) is 36.9 Å². The highest BCUT2D eigenvalue weighted by molar-refractivity contribution is 7.13. The van der Waals surface area contributed by atoms with Crippen LogP contribution in [0.25, 0.3) is 0 Å². The molecule has 1 aromatic heterocycles. The molecule has 1 fully saturated rings. The Morgan fingerprint density at radius 3 is 2.59 bits per heavy atom. The smallest absolute Gasteiger partial charge is 0.265 e. The van der Waals surface area contributed by atoms with E-state index in [1.165, 1.54) is 16.9 Å². The number of hydrogen-bond donors (Lipinski definition) is 1. The molecule has 150 valence electrons. The van der Waals surface area contributed by atoms with Gasteiger partial charge in [-0.3, -0.25) is 4.79 Å². The summed E-state index contributed by atoms with van der Waals surface area (Å²) in [4.78, 5) is 20.2. The fourth-order valence-corrected chi connectivity index (χ4v) is 4.45. The van der Waals surface area contributed by atoms with Gasteiger partial charge in [0.15, 0.2) is 0 Å². The lowest BCUT2D eigenvalue weighted by atomic mass is 9.89. The van der Waals surface area contributed by atoms with Gasteiger partial charge in [-0.05, 0) is 31.9 Å². The van der Waals surface area contributed by atoms with Gasteiger partial charge in [0, 0.05) is 26.1 Å². The van der Waals surface area contributed by atoms with Crippen molar-refractivity contribution < 1.29 is 9.53 Å². The Morgan fingerprint density at radius 2 is 2.00 bits per heavy atom. The minimum atomic E-state index is -0.0994. The second kappa shape index (κ2) is 10.4. The molecular formula is C19H27Cl2N3O2S. The number of halogens is 2. The molecule has 1 aliphatic heterocycles. The Morgan fingerprint density at radius 1 is 1.33 bits per heavy atom. The number of likely N-dealkylation sites (tertiary alicyclic amines) is 1. The number of ether oxygens (including phenoxy) is 1. The van der Waals surface area contributed by atoms with Gasteiger partial charge in [-0.2, -0.15) is 0 Å². The van der Waals surface area contributed by atoms with Crippen LogP contribution in [0, 0.1) is 12.8 Å². The van der Waals surface area contributed by atoms with Crippen LogP contribution in [-0.2, 0) is 4.74 Å². The summed E-state index contributed by atoms with van der Waals surface area (Å²) in [6.45, 7) is 5.81. The minimum absolute atomic E-state index is 0. The molecule has 0 radical (unpaired) electrons. The molecule has 8 heteroatoms. The van der Waals surface area contributed by atoms with Gasteiger partial charge in [0.2, 0.25) is 0 Å². The number of carbonyl (C=O) groups is 1. The van der Waals surface area contributed by atoms with Gasteiger partial charge >= 0.3 is 0 Å². The largest absolute Gasteiger partial charge is 0.375 e. The van der Waals surface area contributed by atoms with Gasteiger partial charge in [0.25, 0.3) is 5.91 Å². The van der Waals surface area contributed by atoms with Gasteiger partial charge in [-0.15, -0.1) is 36.2 Å². The quantitative estimate of drug-likeness (QED) is 0.780. The van der Waals surface area contributed by atoms with Crippen molar-refractivity contribution in [2.24, 2.45) is 11.7 Å². The number of aryl methyl sites for hydroxylation is 1. The van der Waals surface area contributed by atoms with Crippen LogP contribution in [0.3, 0.4) is 0 Å². The van der Waals surface area contributed by atoms with Crippen LogP contribution < -0.4 is 5.73 Å². The summed E-state index contributed by atoms with van der Waals surface area (Å²) in [5.41, 5.74) is 8.02. The van der Waals surface area contributed by atoms with Crippen LogP contribution in [0.2, 0.25) is 0 Å². The number of hydrogen-bond acceptors (Lipinski definition) is 5. The Bertz CT molecular complexity index is 742. The lowest BCUT2D eigenvalue weighted by Gasteiger charge is -2.16. The van der Waals surface area contributed by atoms with Crippen molar-refractivity contribution in [3.63, 3.8) is 0 Å². The molecule has 0 spiro atoms. The summed E-state index contributed by atoms with van der Waals surface area (Å²) in [5.74, 6) is 0.638. The van der Waals surface area contributed by atoms with E-state index >= 15 is 0 Å². The van der Waals surface area contributed by atoms with Crippen LogP contribution in [0.1, 0.15) is 44.9 Å². The second-order valence-electron chi connectivity index (χ2n) is 6.57. The monoisotopic (exact) mass is 431 g/mol. The van der Waals surface area contributed by atoms with E-state index in [4.69, 9.17) is 10.5 Å². The summed E-state index contributed by atoms with van der Waals surface area (Å²) < 4.78 is 5.33. The fraction of sp³-hybridized carbons (Fsp3) is 0.474. The normalized spacial score (nSPS) is 19.9. The molecule has 27 heavy (non-hydrogen) atoms. The van der Waals surface area contributed by atoms with Crippen molar-refractivity contribution in [3.8, 4) is 0 Å². The van der Waals surface area contributed by atoms with E-state index in [0.29, 0.717) is 30.4 Å². The number of aromatic nitrogens is 1. The van der Waals surface area contributed by atoms with E-state index in [2.05, 4.69) is 17.1 Å². The number of benzene rings is 1. The molecule has 1 amide bonds. The molecule has 0 aliphatic carbocycles. The minimum Gasteiger partial charge on any atom is -0.375 e. The summed E-state index contributed by atoms with van der Waals surface area (Å²) >= 11 is 1.43. The molecule has 2 heterocycles. The topological polar surface area (TPSA) is 68.5 Å². The van der Waals surface area contributed by atoms with Gasteiger partial charge in [-0.1, -0.05) is 30.3 Å². The third-order valence-corrected chi connectivity index (χ3v) is 6.27. The SMILES string of the molecule is COC(C)c1nc(C)c(C(=O)N2C[C@@H](CN)[C@H](c3ccccc3)C2)s1.Cl.Cl. The maximum atomic E-state index is 13.0. The molecule has 0 saturated carbocycles. The molecule has 2 aromatic rings. The van der Waals surface area contributed by atoms with Crippen molar-refractivity contribution in [2.75, 3.05) is 26.7 Å². The lowest BCUT2D eigenvalue weighted by molar-refractivity contribution is 0.0790. The van der Waals surface area contributed by atoms with E-state index in [-0.39, 0.29) is 42.7 Å². The number of carbonyl (C=O) groups excluding carboxylic acids is 1. The molecule has 5 nitrogen and oxygen atoms in total. The molecule has 3 rings (SSSR count). The third kappa shape index (κ3) is 5.00. The standard InChI is InChI=1S/C19H25N3O2S.2ClH/c1-12-17(25-18(21-12)13(2)24-3)19(23)22-10-15(9-20)16(11-22)14-7-5-4-6-8-14;;/h4-8,13,15-16H,9-11,20H2,1-3H3;2*1H/t13?,15-,16+;;/m1../s1. The van der Waals surface area contributed by atoms with E-state index in [9.17, 15) is 4.79 Å². The average molecular weight is 432 g/mol. The summed E-state index contributed by atoms with van der Waals surface area (Å²) in [7, 11) is 1.65. The zero-order valence-electron chi connectivity index (χ0n) is 15.8. The molecule has 1 aromatic carbocycles. The Labute approximate surface area is 177 Å². The van der Waals surface area contributed by atoms with Gasteiger partial charge < -0.3 is 15.4 Å². The molecule has 1 saturated heterocycles. The maximum absolute atomic E-state index is 13.0. The van der Waals surface area contributed by atoms with Crippen LogP contribution in [0.4, 0.5) is 0 Å². The second-order valence-corrected chi connectivity index (χ2v) is 7.60. The third-order valence-electron chi connectivity index (χ3n) is 4.97. The zero-order chi connectivity index (χ0) is 18.0. The molecule has 1 unspecified atom stereocenters. The van der Waals surface area contributed by atoms with Gasteiger partial charge in [0.1, 0.15) is 16.0 Å². The van der Waals surface area contributed by atoms with Crippen molar-refractivity contribution >= 4 is 42.1 Å². The molecule has 2 N–H and O–H groups in total. The number of thiazole rings is 1. The summed E-state index contributed by atoms with van der Waals surface area (Å²) in [5, 5.41) is 0.845. The molecule has 0 bridgehead atoms. The maximum Gasteiger partial charge on any atom is 0.265 e. The highest BCUT2D eigenvalue weighted by atomic mass is 35.5. The Hall–Kier alpha value is -1.18. The first-order valence-corrected chi connectivity index (χ1v) is 9.41. The van der Waals surface area contributed by atoms with E-state index in [0.717, 1.165) is 10.7 Å². The van der Waals surface area contributed by atoms with Crippen molar-refractivity contribution in [2.45, 2.75) is 25.9 Å².